The lowest BCUT2D eigenvalue weighted by Crippen LogP contribution is -2.29. The average Bonchev–Trinajstić information content (AvgIpc) is 3.09. The molecule has 0 bridgehead atoms. The lowest BCUT2D eigenvalue weighted by molar-refractivity contribution is 0.775. The van der Waals surface area contributed by atoms with Crippen LogP contribution in [0.3, 0.4) is 0 Å². The number of halogens is 1. The van der Waals surface area contributed by atoms with Crippen molar-refractivity contribution in [2.75, 3.05) is 0 Å². The number of rotatable bonds is 0. The molecule has 150 valence electrons. The van der Waals surface area contributed by atoms with Crippen molar-refractivity contribution in [3.63, 3.8) is 0 Å². The molecule has 0 radical (unpaired) electrons. The van der Waals surface area contributed by atoms with Crippen molar-refractivity contribution in [2.45, 2.75) is 5.41 Å². The summed E-state index contributed by atoms with van der Waals surface area (Å²) in [6.45, 7) is 0. The highest BCUT2D eigenvalue weighted by molar-refractivity contribution is 9.10. The molecule has 0 aromatic heterocycles. The van der Waals surface area contributed by atoms with Crippen molar-refractivity contribution >= 4 is 15.9 Å². The monoisotopic (exact) mass is 470 g/mol. The number of hydrogen-bond acceptors (Lipinski definition) is 0. The van der Waals surface area contributed by atoms with Crippen LogP contribution in [0.15, 0.2) is 120 Å². The predicted octanol–water partition coefficient (Wildman–Crippen LogP) is 8.46. The van der Waals surface area contributed by atoms with Gasteiger partial charge in [-0.3, -0.25) is 0 Å². The van der Waals surface area contributed by atoms with E-state index in [4.69, 9.17) is 0 Å². The second-order valence-corrected chi connectivity index (χ2v) is 9.54. The normalized spacial score (nSPS) is 14.0. The van der Waals surface area contributed by atoms with Gasteiger partial charge < -0.3 is 0 Å². The molecule has 0 fully saturated rings. The van der Waals surface area contributed by atoms with Crippen LogP contribution >= 0.6 is 15.9 Å². The molecule has 2 aliphatic carbocycles. The smallest absolute Gasteiger partial charge is 0.0619 e. The molecule has 0 N–H and O–H groups in total. The fourth-order valence-electron chi connectivity index (χ4n) is 6.02. The Labute approximate surface area is 196 Å². The molecular formula is C31H19Br. The zero-order valence-electron chi connectivity index (χ0n) is 17.3. The SMILES string of the molecule is Brc1ccc2c(c1)-c1ccccc1C1(c3ccccc3-2)c2ccccc2-c2ccccc21. The van der Waals surface area contributed by atoms with Gasteiger partial charge in [-0.25, -0.2) is 0 Å². The lowest BCUT2D eigenvalue weighted by Gasteiger charge is -2.35. The highest BCUT2D eigenvalue weighted by atomic mass is 79.9. The summed E-state index contributed by atoms with van der Waals surface area (Å²) in [5.74, 6) is 0. The molecular weight excluding hydrogens is 452 g/mol. The predicted molar refractivity (Wildman–Crippen MR) is 136 cm³/mol. The fourth-order valence-corrected chi connectivity index (χ4v) is 6.39. The molecule has 0 atom stereocenters. The van der Waals surface area contributed by atoms with Crippen molar-refractivity contribution in [1.82, 2.24) is 0 Å². The Balaban J connectivity index is 1.77. The Morgan fingerprint density at radius 1 is 0.375 bits per heavy atom. The summed E-state index contributed by atoms with van der Waals surface area (Å²) in [6.07, 6.45) is 0. The van der Waals surface area contributed by atoms with Gasteiger partial charge in [0.15, 0.2) is 0 Å². The summed E-state index contributed by atoms with van der Waals surface area (Å²) < 4.78 is 1.10. The molecule has 0 saturated heterocycles. The first kappa shape index (κ1) is 18.2. The van der Waals surface area contributed by atoms with Gasteiger partial charge in [0.2, 0.25) is 0 Å². The van der Waals surface area contributed by atoms with Gasteiger partial charge in [-0.05, 0) is 67.8 Å². The number of fused-ring (bicyclic) bond motifs is 12. The van der Waals surface area contributed by atoms with Crippen molar-refractivity contribution in [3.05, 3.63) is 142 Å². The van der Waals surface area contributed by atoms with Gasteiger partial charge >= 0.3 is 0 Å². The van der Waals surface area contributed by atoms with Gasteiger partial charge in [0.25, 0.3) is 0 Å². The van der Waals surface area contributed by atoms with Crippen molar-refractivity contribution < 1.29 is 0 Å². The van der Waals surface area contributed by atoms with Crippen LogP contribution in [0.1, 0.15) is 22.3 Å². The average molecular weight is 471 g/mol. The third kappa shape index (κ3) is 2.17. The Bertz CT molecular complexity index is 1500. The summed E-state index contributed by atoms with van der Waals surface area (Å²) in [7, 11) is 0. The first-order valence-corrected chi connectivity index (χ1v) is 11.8. The maximum Gasteiger partial charge on any atom is 0.0725 e. The van der Waals surface area contributed by atoms with Crippen LogP contribution in [-0.2, 0) is 5.41 Å². The largest absolute Gasteiger partial charge is 0.0725 e. The van der Waals surface area contributed by atoms with Gasteiger partial charge in [0.1, 0.15) is 0 Å². The van der Waals surface area contributed by atoms with Crippen LogP contribution in [0, 0.1) is 0 Å². The first-order chi connectivity index (χ1) is 15.8. The van der Waals surface area contributed by atoms with E-state index in [9.17, 15) is 0 Å². The van der Waals surface area contributed by atoms with Crippen LogP contribution < -0.4 is 0 Å². The molecule has 0 heterocycles. The van der Waals surface area contributed by atoms with Crippen LogP contribution in [0.25, 0.3) is 33.4 Å². The molecule has 0 aliphatic heterocycles. The summed E-state index contributed by atoms with van der Waals surface area (Å²) >= 11 is 3.73. The van der Waals surface area contributed by atoms with Gasteiger partial charge in [0.05, 0.1) is 5.41 Å². The maximum absolute atomic E-state index is 3.73. The van der Waals surface area contributed by atoms with Gasteiger partial charge in [0, 0.05) is 4.47 Å². The molecule has 32 heavy (non-hydrogen) atoms. The van der Waals surface area contributed by atoms with E-state index < -0.39 is 0 Å². The van der Waals surface area contributed by atoms with Crippen LogP contribution in [-0.4, -0.2) is 0 Å². The maximum atomic E-state index is 3.73. The van der Waals surface area contributed by atoms with Crippen molar-refractivity contribution in [3.8, 4) is 33.4 Å². The highest BCUT2D eigenvalue weighted by Gasteiger charge is 2.49. The minimum atomic E-state index is -0.355. The molecule has 2 aliphatic rings. The van der Waals surface area contributed by atoms with Gasteiger partial charge in [-0.1, -0.05) is 119 Å². The molecule has 5 aromatic rings. The second-order valence-electron chi connectivity index (χ2n) is 8.62. The third-order valence-corrected chi connectivity index (χ3v) is 7.67. The second kappa shape index (κ2) is 6.54. The Kier molecular flexibility index (Phi) is 3.72. The Morgan fingerprint density at radius 3 is 1.22 bits per heavy atom. The van der Waals surface area contributed by atoms with Crippen molar-refractivity contribution in [2.24, 2.45) is 0 Å². The summed E-state index contributed by atoms with van der Waals surface area (Å²) in [5.41, 5.74) is 12.9. The van der Waals surface area contributed by atoms with E-state index in [1.807, 2.05) is 0 Å². The molecule has 0 amide bonds. The summed E-state index contributed by atoms with van der Waals surface area (Å²) in [5, 5.41) is 0. The molecule has 5 aromatic carbocycles. The van der Waals surface area contributed by atoms with Gasteiger partial charge in [-0.15, -0.1) is 0 Å². The summed E-state index contributed by atoms with van der Waals surface area (Å²) in [6, 6.07) is 42.6. The first-order valence-electron chi connectivity index (χ1n) is 11.0. The van der Waals surface area contributed by atoms with E-state index in [-0.39, 0.29) is 5.41 Å². The molecule has 0 saturated carbocycles. The Morgan fingerprint density at radius 2 is 0.750 bits per heavy atom. The number of hydrogen-bond donors (Lipinski definition) is 0. The molecule has 0 nitrogen and oxygen atoms in total. The molecule has 1 spiro atoms. The molecule has 1 heteroatoms. The topological polar surface area (TPSA) is 0 Å². The minimum absolute atomic E-state index is 0.355. The van der Waals surface area contributed by atoms with Crippen LogP contribution in [0.5, 0.6) is 0 Å². The van der Waals surface area contributed by atoms with Crippen LogP contribution in [0.2, 0.25) is 0 Å². The molecule has 0 unspecified atom stereocenters. The third-order valence-electron chi connectivity index (χ3n) is 7.18. The van der Waals surface area contributed by atoms with Gasteiger partial charge in [-0.2, -0.15) is 0 Å². The zero-order valence-corrected chi connectivity index (χ0v) is 18.9. The van der Waals surface area contributed by atoms with Crippen LogP contribution in [0.4, 0.5) is 0 Å². The standard InChI is InChI=1S/C31H19Br/c32-20-17-18-21-22-9-1-5-13-27(22)31(30-16-8-4-12-25(30)26(21)19-20)28-14-6-2-10-23(28)24-11-3-7-15-29(24)31/h1-19H. The van der Waals surface area contributed by atoms with Crippen molar-refractivity contribution in [1.29, 1.82) is 0 Å². The highest BCUT2D eigenvalue weighted by Crippen LogP contribution is 2.61. The van der Waals surface area contributed by atoms with E-state index in [0.29, 0.717) is 0 Å². The van der Waals surface area contributed by atoms with E-state index >= 15 is 0 Å². The fraction of sp³-hybridized carbons (Fsp3) is 0.0323. The van der Waals surface area contributed by atoms with E-state index in [1.54, 1.807) is 0 Å². The van der Waals surface area contributed by atoms with E-state index in [2.05, 4.69) is 131 Å². The minimum Gasteiger partial charge on any atom is -0.0619 e. The van der Waals surface area contributed by atoms with E-state index in [1.165, 1.54) is 55.6 Å². The quantitative estimate of drug-likeness (QED) is 0.208. The summed E-state index contributed by atoms with van der Waals surface area (Å²) in [4.78, 5) is 0. The lowest BCUT2D eigenvalue weighted by atomic mass is 9.66. The Hall–Kier alpha value is -3.42. The van der Waals surface area contributed by atoms with E-state index in [0.717, 1.165) is 4.47 Å². The number of benzene rings is 5. The zero-order chi connectivity index (χ0) is 21.3. The molecule has 7 rings (SSSR count).